The Morgan fingerprint density at radius 1 is 0.970 bits per heavy atom. The minimum absolute atomic E-state index is 0.00829. The molecule has 0 aliphatic carbocycles. The molecule has 8 heteroatoms. The van der Waals surface area contributed by atoms with Crippen LogP contribution in [0.1, 0.15) is 28.1 Å². The van der Waals surface area contributed by atoms with Crippen molar-refractivity contribution < 1.29 is 9.59 Å². The van der Waals surface area contributed by atoms with Crippen molar-refractivity contribution in [2.45, 2.75) is 27.7 Å². The number of anilines is 1. The molecule has 1 aliphatic heterocycles. The van der Waals surface area contributed by atoms with Crippen LogP contribution in [0.4, 0.5) is 5.69 Å². The Labute approximate surface area is 207 Å². The number of carbonyl (C=O) groups excluding carboxylic acids is 2. The van der Waals surface area contributed by atoms with Crippen molar-refractivity contribution in [3.63, 3.8) is 0 Å². The molecule has 1 aromatic heterocycles. The quantitative estimate of drug-likeness (QED) is 0.280. The van der Waals surface area contributed by atoms with E-state index in [4.69, 9.17) is 35.4 Å². The first-order valence-electron chi connectivity index (χ1n) is 10.2. The van der Waals surface area contributed by atoms with Gasteiger partial charge in [0.05, 0.1) is 5.69 Å². The first-order valence-corrected chi connectivity index (χ1v) is 11.4. The van der Waals surface area contributed by atoms with Crippen LogP contribution in [0.2, 0.25) is 10.0 Å². The van der Waals surface area contributed by atoms with Crippen LogP contribution in [-0.2, 0) is 9.59 Å². The Bertz CT molecular complexity index is 1370. The number of hydrogen-bond donors (Lipinski definition) is 1. The van der Waals surface area contributed by atoms with Gasteiger partial charge in [0, 0.05) is 27.1 Å². The van der Waals surface area contributed by atoms with Gasteiger partial charge < -0.3 is 4.57 Å². The largest absolute Gasteiger partial charge is 0.318 e. The van der Waals surface area contributed by atoms with Crippen LogP contribution in [0.3, 0.4) is 0 Å². The molecule has 168 valence electrons. The molecule has 1 N–H and O–H groups in total. The van der Waals surface area contributed by atoms with Crippen molar-refractivity contribution >= 4 is 64.1 Å². The maximum atomic E-state index is 13.4. The lowest BCUT2D eigenvalue weighted by Crippen LogP contribution is -2.54. The van der Waals surface area contributed by atoms with Crippen molar-refractivity contribution in [2.75, 3.05) is 4.90 Å². The summed E-state index contributed by atoms with van der Waals surface area (Å²) in [6.07, 6.45) is 1.60. The summed E-state index contributed by atoms with van der Waals surface area (Å²) in [6.45, 7) is 7.71. The van der Waals surface area contributed by atoms with E-state index in [1.165, 1.54) is 4.90 Å². The Morgan fingerprint density at radius 2 is 1.70 bits per heavy atom. The fourth-order valence-corrected chi connectivity index (χ4v) is 4.61. The van der Waals surface area contributed by atoms with Crippen molar-refractivity contribution in [2.24, 2.45) is 0 Å². The van der Waals surface area contributed by atoms with E-state index in [1.54, 1.807) is 31.2 Å². The van der Waals surface area contributed by atoms with Gasteiger partial charge >= 0.3 is 0 Å². The normalized spacial score (nSPS) is 15.4. The van der Waals surface area contributed by atoms with Gasteiger partial charge in [-0.25, -0.2) is 0 Å². The lowest BCUT2D eigenvalue weighted by molar-refractivity contribution is -0.122. The second-order valence-electron chi connectivity index (χ2n) is 7.93. The molecule has 4 rings (SSSR count). The number of rotatable bonds is 3. The highest BCUT2D eigenvalue weighted by molar-refractivity contribution is 7.80. The summed E-state index contributed by atoms with van der Waals surface area (Å²) in [4.78, 5) is 27.5. The van der Waals surface area contributed by atoms with Gasteiger partial charge in [-0.3, -0.25) is 19.8 Å². The summed E-state index contributed by atoms with van der Waals surface area (Å²) in [5, 5.41) is 3.78. The number of halogens is 2. The Hall–Kier alpha value is -2.93. The third kappa shape index (κ3) is 4.10. The molecule has 1 saturated heterocycles. The van der Waals surface area contributed by atoms with Gasteiger partial charge in [0.2, 0.25) is 0 Å². The number of benzene rings is 2. The van der Waals surface area contributed by atoms with Crippen LogP contribution >= 0.6 is 35.4 Å². The van der Waals surface area contributed by atoms with Crippen LogP contribution in [-0.4, -0.2) is 21.5 Å². The molecule has 0 saturated carbocycles. The Kier molecular flexibility index (Phi) is 6.18. The summed E-state index contributed by atoms with van der Waals surface area (Å²) in [7, 11) is 0. The van der Waals surface area contributed by atoms with Crippen LogP contribution in [0.5, 0.6) is 0 Å². The summed E-state index contributed by atoms with van der Waals surface area (Å²) < 4.78 is 2.06. The van der Waals surface area contributed by atoms with E-state index in [0.29, 0.717) is 21.3 Å². The summed E-state index contributed by atoms with van der Waals surface area (Å²) in [6, 6.07) is 12.9. The van der Waals surface area contributed by atoms with E-state index in [0.717, 1.165) is 28.2 Å². The van der Waals surface area contributed by atoms with E-state index in [9.17, 15) is 9.59 Å². The highest BCUT2D eigenvalue weighted by Gasteiger charge is 2.35. The monoisotopic (exact) mass is 497 g/mol. The summed E-state index contributed by atoms with van der Waals surface area (Å²) in [5.74, 6) is -1.04. The second kappa shape index (κ2) is 8.78. The maximum Gasteiger partial charge on any atom is 0.270 e. The fraction of sp³-hybridized carbons (Fsp3) is 0.160. The lowest BCUT2D eigenvalue weighted by atomic mass is 10.1. The highest BCUT2D eigenvalue weighted by Crippen LogP contribution is 2.31. The van der Waals surface area contributed by atoms with Crippen molar-refractivity contribution in [1.82, 2.24) is 9.88 Å². The van der Waals surface area contributed by atoms with Crippen LogP contribution < -0.4 is 10.2 Å². The smallest absolute Gasteiger partial charge is 0.270 e. The minimum atomic E-state index is -0.537. The number of carbonyl (C=O) groups is 2. The molecule has 0 unspecified atom stereocenters. The standard InChI is InChI=1S/C25H21Cl2N3O2S/c1-13-8-9-18(26)12-22(13)29-14(2)10-17(16(29)4)11-19-23(31)28-25(33)30(24(19)32)21-7-5-6-20(27)15(21)3/h5-12H,1-4H3,(H,28,31,33)/b19-11+. The molecule has 0 spiro atoms. The predicted octanol–water partition coefficient (Wildman–Crippen LogP) is 5.85. The van der Waals surface area contributed by atoms with Gasteiger partial charge in [0.1, 0.15) is 5.57 Å². The van der Waals surface area contributed by atoms with Crippen LogP contribution in [0, 0.1) is 27.7 Å². The van der Waals surface area contributed by atoms with Gasteiger partial charge in [-0.2, -0.15) is 0 Å². The topological polar surface area (TPSA) is 54.3 Å². The molecule has 0 atom stereocenters. The molecule has 33 heavy (non-hydrogen) atoms. The number of hydrogen-bond acceptors (Lipinski definition) is 3. The first kappa shape index (κ1) is 23.2. The number of aromatic nitrogens is 1. The SMILES string of the molecule is Cc1ccc(Cl)cc1-n1c(C)cc(/C=C2\C(=O)NC(=S)N(c3cccc(Cl)c3C)C2=O)c1C. The molecular formula is C25H21Cl2N3O2S. The Morgan fingerprint density at radius 3 is 2.42 bits per heavy atom. The summed E-state index contributed by atoms with van der Waals surface area (Å²) in [5.41, 5.74) is 5.80. The van der Waals surface area contributed by atoms with Gasteiger partial charge in [0.25, 0.3) is 11.8 Å². The van der Waals surface area contributed by atoms with E-state index < -0.39 is 11.8 Å². The van der Waals surface area contributed by atoms with Crippen molar-refractivity contribution in [1.29, 1.82) is 0 Å². The third-order valence-corrected chi connectivity index (χ3v) is 6.69. The molecule has 0 bridgehead atoms. The maximum absolute atomic E-state index is 13.4. The molecule has 5 nitrogen and oxygen atoms in total. The molecule has 2 amide bonds. The zero-order chi connectivity index (χ0) is 24.0. The van der Waals surface area contributed by atoms with E-state index >= 15 is 0 Å². The average molecular weight is 498 g/mol. The highest BCUT2D eigenvalue weighted by atomic mass is 35.5. The number of aryl methyl sites for hydroxylation is 2. The summed E-state index contributed by atoms with van der Waals surface area (Å²) >= 11 is 17.8. The van der Waals surface area contributed by atoms with E-state index in [2.05, 4.69) is 9.88 Å². The van der Waals surface area contributed by atoms with Crippen molar-refractivity contribution in [3.05, 3.63) is 86.2 Å². The minimum Gasteiger partial charge on any atom is -0.318 e. The van der Waals surface area contributed by atoms with Crippen LogP contribution in [0.25, 0.3) is 11.8 Å². The zero-order valence-corrected chi connectivity index (χ0v) is 20.8. The van der Waals surface area contributed by atoms with E-state index in [-0.39, 0.29) is 10.7 Å². The van der Waals surface area contributed by atoms with Gasteiger partial charge in [-0.15, -0.1) is 0 Å². The molecule has 1 aliphatic rings. The molecular weight excluding hydrogens is 477 g/mol. The second-order valence-corrected chi connectivity index (χ2v) is 9.16. The molecule has 2 aromatic carbocycles. The first-order chi connectivity index (χ1) is 15.6. The van der Waals surface area contributed by atoms with Gasteiger partial charge in [-0.1, -0.05) is 35.3 Å². The molecule has 0 radical (unpaired) electrons. The average Bonchev–Trinajstić information content (AvgIpc) is 3.03. The molecule has 3 aromatic rings. The predicted molar refractivity (Wildman–Crippen MR) is 137 cm³/mol. The zero-order valence-electron chi connectivity index (χ0n) is 18.5. The number of nitrogens with zero attached hydrogens (tertiary/aromatic N) is 2. The molecule has 2 heterocycles. The molecule has 1 fully saturated rings. The van der Waals surface area contributed by atoms with Gasteiger partial charge in [0.15, 0.2) is 5.11 Å². The van der Waals surface area contributed by atoms with Gasteiger partial charge in [-0.05, 0) is 93.0 Å². The third-order valence-electron chi connectivity index (χ3n) is 5.76. The van der Waals surface area contributed by atoms with E-state index in [1.807, 2.05) is 45.0 Å². The number of thiocarbonyl (C=S) groups is 1. The lowest BCUT2D eigenvalue weighted by Gasteiger charge is -2.30. The van der Waals surface area contributed by atoms with Crippen molar-refractivity contribution in [3.8, 4) is 5.69 Å². The number of nitrogens with one attached hydrogen (secondary N) is 1. The number of amides is 2. The Balaban J connectivity index is 1.81. The fourth-order valence-electron chi connectivity index (χ4n) is 4.00. The van der Waals surface area contributed by atoms with Crippen LogP contribution in [0.15, 0.2) is 48.0 Å².